The van der Waals surface area contributed by atoms with Gasteiger partial charge in [-0.25, -0.2) is 18.7 Å². The normalized spacial score (nSPS) is 25.1. The first kappa shape index (κ1) is 23.9. The maximum Gasteiger partial charge on any atom is 0.276 e. The summed E-state index contributed by atoms with van der Waals surface area (Å²) in [5, 5.41) is 2.85. The average Bonchev–Trinajstić information content (AvgIpc) is 3.49. The predicted molar refractivity (Wildman–Crippen MR) is 125 cm³/mol. The molecule has 1 saturated carbocycles. The molecule has 8 nitrogen and oxygen atoms in total. The molecule has 0 unspecified atom stereocenters. The van der Waals surface area contributed by atoms with E-state index in [9.17, 15) is 9.18 Å². The van der Waals surface area contributed by atoms with Crippen LogP contribution in [-0.4, -0.2) is 46.1 Å². The number of aliphatic imine (C=N–C) groups is 1. The highest BCUT2D eigenvalue weighted by atomic mass is 32.2. The van der Waals surface area contributed by atoms with E-state index >= 15 is 4.39 Å². The summed E-state index contributed by atoms with van der Waals surface area (Å²) >= 11 is 1.39. The Morgan fingerprint density at radius 1 is 1.44 bits per heavy atom. The Morgan fingerprint density at radius 3 is 2.88 bits per heavy atom. The molecule has 3 N–H and O–H groups in total. The van der Waals surface area contributed by atoms with E-state index in [2.05, 4.69) is 26.2 Å². The second-order valence-corrected chi connectivity index (χ2v) is 9.80. The number of thioether (sulfide) groups is 1. The molecule has 0 spiro atoms. The monoisotopic (exact) mass is 487 g/mol. The minimum absolute atomic E-state index is 0.00295. The molecule has 3 atom stereocenters. The van der Waals surface area contributed by atoms with Gasteiger partial charge in [0.2, 0.25) is 5.88 Å². The zero-order valence-corrected chi connectivity index (χ0v) is 19.6. The molecule has 2 aliphatic rings. The van der Waals surface area contributed by atoms with E-state index in [-0.39, 0.29) is 51.0 Å². The summed E-state index contributed by atoms with van der Waals surface area (Å²) < 4.78 is 39.9. The third-order valence-corrected chi connectivity index (χ3v) is 7.29. The third kappa shape index (κ3) is 4.19. The van der Waals surface area contributed by atoms with Crippen LogP contribution in [0.1, 0.15) is 35.1 Å². The van der Waals surface area contributed by atoms with Gasteiger partial charge in [0.25, 0.3) is 5.91 Å². The lowest BCUT2D eigenvalue weighted by Crippen LogP contribution is -2.38. The standard InChI is InChI=1S/C23H23F2N5O3S/c1-5-6-33-17-10-27-19(12(2)28-17)20(31)29-13-7-14(18(25)15(24)8-13)22(3)16-9-23(16,11-32-4)34-21(26)30-22/h1,7-8,10,16H,6,9,11H2,2-4H3,(H2,26,30)(H,29,31)/t16-,22+,23+/m0/s1. The van der Waals surface area contributed by atoms with Gasteiger partial charge in [-0.15, -0.1) is 6.42 Å². The number of amidine groups is 1. The smallest absolute Gasteiger partial charge is 0.276 e. The number of anilines is 1. The summed E-state index contributed by atoms with van der Waals surface area (Å²) in [4.78, 5) is 25.5. The summed E-state index contributed by atoms with van der Waals surface area (Å²) in [6, 6.07) is 2.29. The fraction of sp³-hybridized carbons (Fsp3) is 0.391. The van der Waals surface area contributed by atoms with Gasteiger partial charge in [-0.1, -0.05) is 17.7 Å². The van der Waals surface area contributed by atoms with Gasteiger partial charge < -0.3 is 20.5 Å². The van der Waals surface area contributed by atoms with Crippen molar-refractivity contribution in [3.8, 4) is 18.2 Å². The largest absolute Gasteiger partial charge is 0.463 e. The molecule has 11 heteroatoms. The minimum atomic E-state index is -1.12. The molecule has 34 heavy (non-hydrogen) atoms. The van der Waals surface area contributed by atoms with Crippen molar-refractivity contribution in [2.75, 3.05) is 25.6 Å². The van der Waals surface area contributed by atoms with Gasteiger partial charge in [-0.2, -0.15) is 0 Å². The zero-order chi connectivity index (χ0) is 24.7. The summed E-state index contributed by atoms with van der Waals surface area (Å²) in [5.41, 5.74) is 5.29. The number of carbonyl (C=O) groups excluding carboxylic acids is 1. The van der Waals surface area contributed by atoms with Crippen molar-refractivity contribution in [3.63, 3.8) is 0 Å². The van der Waals surface area contributed by atoms with Crippen LogP contribution < -0.4 is 15.8 Å². The van der Waals surface area contributed by atoms with Gasteiger partial charge in [0, 0.05) is 30.3 Å². The Kier molecular flexibility index (Phi) is 6.22. The van der Waals surface area contributed by atoms with Crippen molar-refractivity contribution < 1.29 is 23.0 Å². The molecule has 1 aliphatic heterocycles. The fourth-order valence-electron chi connectivity index (χ4n) is 4.42. The van der Waals surface area contributed by atoms with E-state index in [0.717, 1.165) is 6.07 Å². The Hall–Kier alpha value is -3.23. The van der Waals surface area contributed by atoms with E-state index in [4.69, 9.17) is 21.6 Å². The molecule has 2 aromatic rings. The lowest BCUT2D eigenvalue weighted by molar-refractivity contribution is 0.102. The van der Waals surface area contributed by atoms with E-state index in [0.29, 0.717) is 13.0 Å². The van der Waals surface area contributed by atoms with E-state index in [1.54, 1.807) is 21.0 Å². The van der Waals surface area contributed by atoms with Crippen LogP contribution >= 0.6 is 11.8 Å². The van der Waals surface area contributed by atoms with Crippen molar-refractivity contribution in [1.29, 1.82) is 0 Å². The molecular formula is C23H23F2N5O3S. The SMILES string of the molecule is C#CCOc1cnc(C(=O)Nc2cc(F)c(F)c([C@@]3(C)N=C(N)S[C@@]4(COC)C[C@H]43)c2)c(C)n1. The number of carbonyl (C=O) groups is 1. The number of ether oxygens (including phenoxy) is 2. The maximum absolute atomic E-state index is 15.0. The van der Waals surface area contributed by atoms with Crippen molar-refractivity contribution in [3.05, 3.63) is 46.9 Å². The van der Waals surface area contributed by atoms with Crippen LogP contribution in [-0.2, 0) is 10.3 Å². The number of nitrogens with one attached hydrogen (secondary N) is 1. The second-order valence-electron chi connectivity index (χ2n) is 8.36. The van der Waals surface area contributed by atoms with Gasteiger partial charge in [0.05, 0.1) is 28.8 Å². The first-order valence-electron chi connectivity index (χ1n) is 10.4. The molecule has 1 amide bonds. The van der Waals surface area contributed by atoms with E-state index < -0.39 is 23.1 Å². The zero-order valence-electron chi connectivity index (χ0n) is 18.8. The van der Waals surface area contributed by atoms with Crippen LogP contribution in [0.15, 0.2) is 23.3 Å². The van der Waals surface area contributed by atoms with Crippen molar-refractivity contribution in [2.24, 2.45) is 16.6 Å². The molecule has 0 saturated heterocycles. The van der Waals surface area contributed by atoms with Crippen LogP contribution in [0.3, 0.4) is 0 Å². The number of terminal acetylenes is 1. The number of amides is 1. The quantitative estimate of drug-likeness (QED) is 0.578. The van der Waals surface area contributed by atoms with Crippen LogP contribution in [0.2, 0.25) is 0 Å². The van der Waals surface area contributed by atoms with Gasteiger partial charge in [0.1, 0.15) is 5.69 Å². The molecular weight excluding hydrogens is 464 g/mol. The summed E-state index contributed by atoms with van der Waals surface area (Å²) in [5.74, 6) is -0.417. The van der Waals surface area contributed by atoms with E-state index in [1.165, 1.54) is 24.0 Å². The van der Waals surface area contributed by atoms with Gasteiger partial charge >= 0.3 is 0 Å². The minimum Gasteiger partial charge on any atom is -0.463 e. The maximum atomic E-state index is 15.0. The third-order valence-electron chi connectivity index (χ3n) is 6.02. The molecule has 1 aliphatic carbocycles. The average molecular weight is 488 g/mol. The van der Waals surface area contributed by atoms with Crippen molar-refractivity contribution in [1.82, 2.24) is 9.97 Å². The molecule has 4 rings (SSSR count). The highest BCUT2D eigenvalue weighted by Gasteiger charge is 2.66. The number of methoxy groups -OCH3 is 1. The number of hydrogen-bond donors (Lipinski definition) is 2. The van der Waals surface area contributed by atoms with Crippen LogP contribution in [0, 0.1) is 36.8 Å². The van der Waals surface area contributed by atoms with Crippen LogP contribution in [0.25, 0.3) is 0 Å². The van der Waals surface area contributed by atoms with Crippen molar-refractivity contribution in [2.45, 2.75) is 30.6 Å². The Balaban J connectivity index is 1.64. The number of halogens is 2. The molecule has 1 fully saturated rings. The number of nitrogens with two attached hydrogens (primary N) is 1. The first-order valence-corrected chi connectivity index (χ1v) is 11.2. The fourth-order valence-corrected chi connectivity index (χ4v) is 5.87. The van der Waals surface area contributed by atoms with Gasteiger partial charge in [-0.05, 0) is 26.3 Å². The second kappa shape index (κ2) is 8.85. The predicted octanol–water partition coefficient (Wildman–Crippen LogP) is 3.01. The number of fused-ring (bicyclic) bond motifs is 1. The molecule has 1 aromatic heterocycles. The van der Waals surface area contributed by atoms with Crippen LogP contribution in [0.4, 0.5) is 14.5 Å². The number of aryl methyl sites for hydroxylation is 1. The first-order chi connectivity index (χ1) is 16.1. The number of rotatable bonds is 7. The lowest BCUT2D eigenvalue weighted by atomic mass is 9.85. The molecule has 1 aromatic carbocycles. The Bertz CT molecular complexity index is 1230. The molecule has 2 heterocycles. The van der Waals surface area contributed by atoms with Crippen molar-refractivity contribution >= 4 is 28.5 Å². The lowest BCUT2D eigenvalue weighted by Gasteiger charge is -2.34. The summed E-state index contributed by atoms with van der Waals surface area (Å²) in [6.07, 6.45) is 7.10. The number of benzene rings is 1. The van der Waals surface area contributed by atoms with E-state index in [1.807, 2.05) is 0 Å². The highest BCUT2D eigenvalue weighted by Crippen LogP contribution is 2.66. The molecule has 178 valence electrons. The topological polar surface area (TPSA) is 112 Å². The van der Waals surface area contributed by atoms with Gasteiger partial charge in [0.15, 0.2) is 23.4 Å². The Labute approximate surface area is 199 Å². The summed E-state index contributed by atoms with van der Waals surface area (Å²) in [7, 11) is 1.58. The molecule has 0 radical (unpaired) electrons. The number of hydrogen-bond acceptors (Lipinski definition) is 8. The summed E-state index contributed by atoms with van der Waals surface area (Å²) in [6.45, 7) is 3.71. The Morgan fingerprint density at radius 2 is 2.21 bits per heavy atom. The highest BCUT2D eigenvalue weighted by molar-refractivity contribution is 8.15. The number of nitrogens with zero attached hydrogens (tertiary/aromatic N) is 3. The number of aromatic nitrogens is 2. The molecule has 0 bridgehead atoms. The van der Waals surface area contributed by atoms with Gasteiger partial charge in [-0.3, -0.25) is 9.79 Å². The van der Waals surface area contributed by atoms with Crippen LogP contribution in [0.5, 0.6) is 5.88 Å².